The van der Waals surface area contributed by atoms with Crippen molar-refractivity contribution in [2.45, 2.75) is 38.6 Å². The molecule has 4 nitrogen and oxygen atoms in total. The molecular weight excluding hydrogens is 236 g/mol. The standard InChI is InChI=1S/C12H19ClN4/c1-8-5-3-4-6-10(8)17(2)11-9(14)7-15-12(13)16-11/h7-8,10H,3-6,14H2,1-2H3. The van der Waals surface area contributed by atoms with Gasteiger partial charge in [-0.15, -0.1) is 0 Å². The van der Waals surface area contributed by atoms with Gasteiger partial charge in [0, 0.05) is 13.1 Å². The fourth-order valence-corrected chi connectivity index (χ4v) is 2.80. The van der Waals surface area contributed by atoms with Gasteiger partial charge in [-0.3, -0.25) is 0 Å². The van der Waals surface area contributed by atoms with Crippen LogP contribution in [0.25, 0.3) is 0 Å². The van der Waals surface area contributed by atoms with Crippen LogP contribution >= 0.6 is 11.6 Å². The van der Waals surface area contributed by atoms with Crippen molar-refractivity contribution in [1.29, 1.82) is 0 Å². The molecular formula is C12H19ClN4. The molecule has 1 fully saturated rings. The Morgan fingerprint density at radius 2 is 2.12 bits per heavy atom. The van der Waals surface area contributed by atoms with E-state index >= 15 is 0 Å². The van der Waals surface area contributed by atoms with Gasteiger partial charge in [0.25, 0.3) is 0 Å². The molecule has 2 N–H and O–H groups in total. The number of anilines is 2. The Morgan fingerprint density at radius 1 is 1.41 bits per heavy atom. The van der Waals surface area contributed by atoms with Gasteiger partial charge < -0.3 is 10.6 Å². The van der Waals surface area contributed by atoms with Crippen LogP contribution in [0.15, 0.2) is 6.20 Å². The van der Waals surface area contributed by atoms with Crippen molar-refractivity contribution in [3.05, 3.63) is 11.5 Å². The van der Waals surface area contributed by atoms with Gasteiger partial charge in [-0.25, -0.2) is 4.98 Å². The van der Waals surface area contributed by atoms with Crippen molar-refractivity contribution in [3.63, 3.8) is 0 Å². The highest BCUT2D eigenvalue weighted by Crippen LogP contribution is 2.31. The molecule has 1 heterocycles. The van der Waals surface area contributed by atoms with Gasteiger partial charge in [-0.2, -0.15) is 4.98 Å². The van der Waals surface area contributed by atoms with Crippen LogP contribution in [0.3, 0.4) is 0 Å². The Labute approximate surface area is 107 Å². The van der Waals surface area contributed by atoms with E-state index in [2.05, 4.69) is 21.8 Å². The lowest BCUT2D eigenvalue weighted by Crippen LogP contribution is -2.39. The molecule has 2 rings (SSSR count). The third-order valence-electron chi connectivity index (χ3n) is 3.66. The van der Waals surface area contributed by atoms with E-state index in [0.29, 0.717) is 17.6 Å². The first-order valence-corrected chi connectivity index (χ1v) is 6.48. The summed E-state index contributed by atoms with van der Waals surface area (Å²) in [6.07, 6.45) is 6.64. The molecule has 1 aromatic rings. The second kappa shape index (κ2) is 5.08. The minimum Gasteiger partial charge on any atom is -0.394 e. The highest BCUT2D eigenvalue weighted by molar-refractivity contribution is 6.28. The third kappa shape index (κ3) is 2.63. The summed E-state index contributed by atoms with van der Waals surface area (Å²) in [7, 11) is 2.04. The van der Waals surface area contributed by atoms with E-state index in [1.165, 1.54) is 25.7 Å². The lowest BCUT2D eigenvalue weighted by molar-refractivity contribution is 0.321. The fraction of sp³-hybridized carbons (Fsp3) is 0.667. The first-order chi connectivity index (χ1) is 8.09. The molecule has 1 saturated carbocycles. The number of hydrogen-bond donors (Lipinski definition) is 1. The van der Waals surface area contributed by atoms with E-state index in [1.807, 2.05) is 7.05 Å². The van der Waals surface area contributed by atoms with E-state index in [4.69, 9.17) is 17.3 Å². The Balaban J connectivity index is 2.23. The maximum absolute atomic E-state index is 5.92. The Bertz CT molecular complexity index is 396. The van der Waals surface area contributed by atoms with Crippen molar-refractivity contribution < 1.29 is 0 Å². The molecule has 17 heavy (non-hydrogen) atoms. The van der Waals surface area contributed by atoms with Crippen molar-refractivity contribution in [1.82, 2.24) is 9.97 Å². The van der Waals surface area contributed by atoms with Gasteiger partial charge in [0.1, 0.15) is 0 Å². The number of aromatic nitrogens is 2. The molecule has 0 aliphatic heterocycles. The molecule has 1 aliphatic rings. The summed E-state index contributed by atoms with van der Waals surface area (Å²) in [5.74, 6) is 1.42. The van der Waals surface area contributed by atoms with Crippen LogP contribution in [-0.4, -0.2) is 23.1 Å². The normalized spacial score (nSPS) is 24.6. The summed E-state index contributed by atoms with van der Waals surface area (Å²) in [5, 5.41) is 0.254. The first-order valence-electron chi connectivity index (χ1n) is 6.10. The van der Waals surface area contributed by atoms with Crippen LogP contribution in [0.1, 0.15) is 32.6 Å². The first kappa shape index (κ1) is 12.4. The molecule has 0 amide bonds. The van der Waals surface area contributed by atoms with E-state index in [1.54, 1.807) is 6.20 Å². The summed E-state index contributed by atoms with van der Waals surface area (Å²) >= 11 is 5.83. The smallest absolute Gasteiger partial charge is 0.224 e. The van der Waals surface area contributed by atoms with Crippen LogP contribution in [0, 0.1) is 5.92 Å². The van der Waals surface area contributed by atoms with Crippen LogP contribution in [-0.2, 0) is 0 Å². The van der Waals surface area contributed by atoms with Gasteiger partial charge >= 0.3 is 0 Å². The molecule has 1 aromatic heterocycles. The second-order valence-electron chi connectivity index (χ2n) is 4.86. The van der Waals surface area contributed by atoms with Crippen molar-refractivity contribution >= 4 is 23.1 Å². The van der Waals surface area contributed by atoms with E-state index < -0.39 is 0 Å². The molecule has 0 saturated heterocycles. The number of hydrogen-bond acceptors (Lipinski definition) is 4. The Morgan fingerprint density at radius 3 is 2.82 bits per heavy atom. The zero-order valence-corrected chi connectivity index (χ0v) is 11.1. The second-order valence-corrected chi connectivity index (χ2v) is 5.20. The molecule has 2 atom stereocenters. The van der Waals surface area contributed by atoms with Crippen LogP contribution < -0.4 is 10.6 Å². The quantitative estimate of drug-likeness (QED) is 0.825. The van der Waals surface area contributed by atoms with E-state index in [9.17, 15) is 0 Å². The van der Waals surface area contributed by atoms with E-state index in [-0.39, 0.29) is 5.28 Å². The van der Waals surface area contributed by atoms with E-state index in [0.717, 1.165) is 5.82 Å². The Hall–Kier alpha value is -1.03. The van der Waals surface area contributed by atoms with Crippen molar-refractivity contribution in [2.24, 2.45) is 5.92 Å². The highest BCUT2D eigenvalue weighted by atomic mass is 35.5. The highest BCUT2D eigenvalue weighted by Gasteiger charge is 2.26. The largest absolute Gasteiger partial charge is 0.394 e. The number of nitrogen functional groups attached to an aromatic ring is 1. The zero-order chi connectivity index (χ0) is 12.4. The molecule has 5 heteroatoms. The van der Waals surface area contributed by atoms with Gasteiger partial charge in [0.2, 0.25) is 5.28 Å². The fourth-order valence-electron chi connectivity index (χ4n) is 2.67. The molecule has 2 unspecified atom stereocenters. The summed E-state index contributed by atoms with van der Waals surface area (Å²) in [5.41, 5.74) is 6.51. The van der Waals surface area contributed by atoms with Crippen LogP contribution in [0.5, 0.6) is 0 Å². The van der Waals surface area contributed by atoms with Gasteiger partial charge in [-0.1, -0.05) is 19.8 Å². The van der Waals surface area contributed by atoms with Gasteiger partial charge in [0.15, 0.2) is 5.82 Å². The summed E-state index contributed by atoms with van der Waals surface area (Å²) < 4.78 is 0. The maximum atomic E-state index is 5.92. The van der Waals surface area contributed by atoms with Crippen LogP contribution in [0.4, 0.5) is 11.5 Å². The Kier molecular flexibility index (Phi) is 3.72. The van der Waals surface area contributed by atoms with Crippen molar-refractivity contribution in [3.8, 4) is 0 Å². The third-order valence-corrected chi connectivity index (χ3v) is 3.85. The predicted molar refractivity (Wildman–Crippen MR) is 71.3 cm³/mol. The SMILES string of the molecule is CC1CCCCC1N(C)c1nc(Cl)ncc1N. The topological polar surface area (TPSA) is 55.0 Å². The molecule has 94 valence electrons. The van der Waals surface area contributed by atoms with Crippen LogP contribution in [0.2, 0.25) is 5.28 Å². The molecule has 1 aliphatic carbocycles. The average molecular weight is 255 g/mol. The summed E-state index contributed by atoms with van der Waals surface area (Å²) in [4.78, 5) is 10.3. The zero-order valence-electron chi connectivity index (χ0n) is 10.4. The molecule has 0 aromatic carbocycles. The predicted octanol–water partition coefficient (Wildman–Crippen LogP) is 2.73. The number of nitrogens with zero attached hydrogens (tertiary/aromatic N) is 3. The molecule has 0 bridgehead atoms. The minimum atomic E-state index is 0.254. The lowest BCUT2D eigenvalue weighted by atomic mass is 9.85. The van der Waals surface area contributed by atoms with Crippen molar-refractivity contribution in [2.75, 3.05) is 17.7 Å². The molecule has 0 spiro atoms. The number of nitrogens with two attached hydrogens (primary N) is 1. The van der Waals surface area contributed by atoms with Gasteiger partial charge in [-0.05, 0) is 30.4 Å². The number of rotatable bonds is 2. The maximum Gasteiger partial charge on any atom is 0.224 e. The minimum absolute atomic E-state index is 0.254. The lowest BCUT2D eigenvalue weighted by Gasteiger charge is -2.37. The number of halogens is 1. The van der Waals surface area contributed by atoms with Gasteiger partial charge in [0.05, 0.1) is 11.9 Å². The summed E-state index contributed by atoms with van der Waals surface area (Å²) in [6.45, 7) is 2.29. The molecule has 0 radical (unpaired) electrons. The monoisotopic (exact) mass is 254 g/mol. The average Bonchev–Trinajstić information content (AvgIpc) is 2.32. The summed E-state index contributed by atoms with van der Waals surface area (Å²) in [6, 6.07) is 0.497.